The molecule has 3 aliphatic rings. The lowest BCUT2D eigenvalue weighted by molar-refractivity contribution is -0.129. The van der Waals surface area contributed by atoms with Crippen LogP contribution in [0.1, 0.15) is 26.7 Å². The summed E-state index contributed by atoms with van der Waals surface area (Å²) >= 11 is 1.08. The Morgan fingerprint density at radius 1 is 1.12 bits per heavy atom. The molecule has 3 fully saturated rings. The van der Waals surface area contributed by atoms with Gasteiger partial charge in [-0.1, -0.05) is 11.3 Å². The number of aromatic nitrogens is 1. The second kappa shape index (κ2) is 4.15. The third-order valence-corrected chi connectivity index (χ3v) is 6.71. The van der Waals surface area contributed by atoms with Gasteiger partial charge in [0, 0.05) is 0 Å². The second-order valence-electron chi connectivity index (χ2n) is 7.39. The minimum atomic E-state index is -0.552. The van der Waals surface area contributed by atoms with Crippen LogP contribution in [0.4, 0.5) is 5.69 Å². The molecule has 4 atom stereocenters. The molecule has 1 N–H and O–H groups in total. The molecule has 6 nitrogen and oxygen atoms in total. The molecule has 0 spiro atoms. The molecule has 24 heavy (non-hydrogen) atoms. The summed E-state index contributed by atoms with van der Waals surface area (Å²) in [5, 5.41) is 0. The van der Waals surface area contributed by atoms with E-state index in [1.807, 2.05) is 13.8 Å². The first-order valence-corrected chi connectivity index (χ1v) is 8.85. The van der Waals surface area contributed by atoms with Gasteiger partial charge in [-0.05, 0) is 44.9 Å². The fraction of sp³-hybridized carbons (Fsp3) is 0.471. The van der Waals surface area contributed by atoms with Crippen molar-refractivity contribution in [3.63, 3.8) is 0 Å². The summed E-state index contributed by atoms with van der Waals surface area (Å²) in [6.07, 6.45) is 1.60. The first-order valence-electron chi connectivity index (χ1n) is 8.03. The molecule has 2 amide bonds. The van der Waals surface area contributed by atoms with Crippen LogP contribution in [-0.2, 0) is 14.3 Å². The van der Waals surface area contributed by atoms with E-state index in [4.69, 9.17) is 4.74 Å². The summed E-state index contributed by atoms with van der Waals surface area (Å²) in [5.41, 5.74) is 0.150. The van der Waals surface area contributed by atoms with Gasteiger partial charge in [0.1, 0.15) is 0 Å². The Morgan fingerprint density at radius 3 is 2.38 bits per heavy atom. The highest BCUT2D eigenvalue weighted by Crippen LogP contribution is 2.60. The third-order valence-electron chi connectivity index (χ3n) is 5.87. The number of carbonyl (C=O) groups excluding carboxylic acids is 2. The monoisotopic (exact) mass is 344 g/mol. The zero-order valence-electron chi connectivity index (χ0n) is 13.3. The maximum Gasteiger partial charge on any atom is 0.305 e. The summed E-state index contributed by atoms with van der Waals surface area (Å²) in [6.45, 7) is 3.89. The number of H-pyrrole nitrogens is 1. The smallest absolute Gasteiger partial charge is 0.305 e. The number of amides is 2. The molecule has 2 bridgehead atoms. The lowest BCUT2D eigenvalue weighted by atomic mass is 9.69. The van der Waals surface area contributed by atoms with Gasteiger partial charge in [-0.25, -0.2) is 4.90 Å². The molecule has 0 aliphatic carbocycles. The van der Waals surface area contributed by atoms with Gasteiger partial charge in [0.25, 0.3) is 0 Å². The third kappa shape index (κ3) is 1.56. The maximum atomic E-state index is 13.0. The van der Waals surface area contributed by atoms with E-state index < -0.39 is 23.0 Å². The molecule has 1 aromatic heterocycles. The van der Waals surface area contributed by atoms with Crippen LogP contribution in [0.2, 0.25) is 0 Å². The van der Waals surface area contributed by atoms with Gasteiger partial charge in [-0.15, -0.1) is 0 Å². The first kappa shape index (κ1) is 14.4. The van der Waals surface area contributed by atoms with Crippen molar-refractivity contribution in [2.45, 2.75) is 37.9 Å². The molecule has 5 rings (SSSR count). The van der Waals surface area contributed by atoms with Crippen LogP contribution < -0.4 is 9.77 Å². The molecule has 124 valence electrons. The summed E-state index contributed by atoms with van der Waals surface area (Å²) in [7, 11) is 0. The van der Waals surface area contributed by atoms with E-state index >= 15 is 0 Å². The van der Waals surface area contributed by atoms with Crippen molar-refractivity contribution >= 4 is 39.1 Å². The molecular formula is C17H16N2O4S. The molecule has 7 heteroatoms. The number of anilines is 1. The number of ether oxygens (including phenoxy) is 1. The van der Waals surface area contributed by atoms with Crippen molar-refractivity contribution < 1.29 is 14.3 Å². The van der Waals surface area contributed by atoms with Crippen LogP contribution in [-0.4, -0.2) is 28.0 Å². The average molecular weight is 344 g/mol. The number of benzene rings is 1. The summed E-state index contributed by atoms with van der Waals surface area (Å²) in [6, 6.07) is 5.20. The van der Waals surface area contributed by atoms with Crippen molar-refractivity contribution in [1.29, 1.82) is 0 Å². The molecule has 3 saturated heterocycles. The molecule has 4 unspecified atom stereocenters. The first-order chi connectivity index (χ1) is 11.3. The van der Waals surface area contributed by atoms with E-state index in [0.29, 0.717) is 5.69 Å². The van der Waals surface area contributed by atoms with Crippen LogP contribution in [0.3, 0.4) is 0 Å². The Balaban J connectivity index is 1.63. The van der Waals surface area contributed by atoms with Gasteiger partial charge >= 0.3 is 4.87 Å². The van der Waals surface area contributed by atoms with Crippen molar-refractivity contribution in [1.82, 2.24) is 4.98 Å². The number of aromatic amines is 1. The van der Waals surface area contributed by atoms with E-state index in [0.717, 1.165) is 34.4 Å². The minimum absolute atomic E-state index is 0.149. The van der Waals surface area contributed by atoms with Crippen molar-refractivity contribution in [3.05, 3.63) is 27.9 Å². The fourth-order valence-corrected chi connectivity index (χ4v) is 5.57. The van der Waals surface area contributed by atoms with Gasteiger partial charge in [-0.3, -0.25) is 14.4 Å². The van der Waals surface area contributed by atoms with Crippen LogP contribution in [0.25, 0.3) is 10.2 Å². The Kier molecular flexibility index (Phi) is 2.48. The molecular weight excluding hydrogens is 328 g/mol. The van der Waals surface area contributed by atoms with Gasteiger partial charge in [0.05, 0.1) is 38.9 Å². The fourth-order valence-electron chi connectivity index (χ4n) is 4.80. The number of fused-ring (bicyclic) bond motifs is 6. The molecule has 0 radical (unpaired) electrons. The average Bonchev–Trinajstić information content (AvgIpc) is 3.17. The van der Waals surface area contributed by atoms with Gasteiger partial charge in [0.15, 0.2) is 0 Å². The predicted molar refractivity (Wildman–Crippen MR) is 89.0 cm³/mol. The topological polar surface area (TPSA) is 79.5 Å². The number of hydrogen-bond acceptors (Lipinski definition) is 5. The largest absolute Gasteiger partial charge is 0.367 e. The highest BCUT2D eigenvalue weighted by Gasteiger charge is 2.72. The minimum Gasteiger partial charge on any atom is -0.367 e. The number of nitrogens with zero attached hydrogens (tertiary/aromatic N) is 1. The van der Waals surface area contributed by atoms with Gasteiger partial charge in [-0.2, -0.15) is 0 Å². The van der Waals surface area contributed by atoms with E-state index in [1.165, 1.54) is 4.90 Å². The number of nitrogens with one attached hydrogen (secondary N) is 1. The summed E-state index contributed by atoms with van der Waals surface area (Å²) < 4.78 is 6.84. The maximum absolute atomic E-state index is 13.0. The predicted octanol–water partition coefficient (Wildman–Crippen LogP) is 2.04. The Hall–Kier alpha value is -1.99. The second-order valence-corrected chi connectivity index (χ2v) is 8.40. The Bertz CT molecular complexity index is 944. The standard InChI is InChI=1S/C17H16N2O4S/c1-16-5-6-17(2,23-16)12-11(16)13(20)19(14(12)21)8-3-4-9-10(7-8)24-15(22)18-9/h3-4,7,11-12H,5-6H2,1-2H3,(H,18,22). The lowest BCUT2D eigenvalue weighted by Gasteiger charge is -2.27. The van der Waals surface area contributed by atoms with Crippen molar-refractivity contribution in [3.8, 4) is 0 Å². The Morgan fingerprint density at radius 2 is 1.75 bits per heavy atom. The van der Waals surface area contributed by atoms with Crippen molar-refractivity contribution in [2.75, 3.05) is 4.90 Å². The van der Waals surface area contributed by atoms with Crippen LogP contribution in [0.15, 0.2) is 23.0 Å². The molecule has 4 heterocycles. The summed E-state index contributed by atoms with van der Waals surface area (Å²) in [4.78, 5) is 41.4. The SMILES string of the molecule is CC12CCC(C)(O1)C1C(=O)N(c3ccc4[nH]c(=O)sc4c3)C(=O)C12. The zero-order chi connectivity index (χ0) is 16.9. The van der Waals surface area contributed by atoms with Crippen molar-refractivity contribution in [2.24, 2.45) is 11.8 Å². The lowest BCUT2D eigenvalue weighted by Crippen LogP contribution is -2.40. The number of rotatable bonds is 1. The van der Waals surface area contributed by atoms with E-state index in [-0.39, 0.29) is 16.7 Å². The van der Waals surface area contributed by atoms with E-state index in [9.17, 15) is 14.4 Å². The molecule has 0 saturated carbocycles. The zero-order valence-corrected chi connectivity index (χ0v) is 14.1. The van der Waals surface area contributed by atoms with E-state index in [2.05, 4.69) is 4.98 Å². The van der Waals surface area contributed by atoms with Gasteiger partial charge < -0.3 is 9.72 Å². The normalized spacial score (nSPS) is 37.7. The number of imide groups is 1. The molecule has 1 aromatic carbocycles. The highest BCUT2D eigenvalue weighted by atomic mass is 32.1. The number of thiazole rings is 1. The highest BCUT2D eigenvalue weighted by molar-refractivity contribution is 7.16. The van der Waals surface area contributed by atoms with E-state index in [1.54, 1.807) is 18.2 Å². The number of hydrogen-bond donors (Lipinski definition) is 1. The Labute approximate surface area is 141 Å². The number of carbonyl (C=O) groups is 2. The van der Waals surface area contributed by atoms with Crippen LogP contribution in [0, 0.1) is 11.8 Å². The molecule has 3 aliphatic heterocycles. The summed E-state index contributed by atoms with van der Waals surface area (Å²) in [5.74, 6) is -1.19. The van der Waals surface area contributed by atoms with Gasteiger partial charge in [0.2, 0.25) is 11.8 Å². The quantitative estimate of drug-likeness (QED) is 0.803. The molecule has 2 aromatic rings. The van der Waals surface area contributed by atoms with Crippen LogP contribution >= 0.6 is 11.3 Å². The van der Waals surface area contributed by atoms with Crippen LogP contribution in [0.5, 0.6) is 0 Å².